The number of ether oxygens (including phenoxy) is 3. The van der Waals surface area contributed by atoms with Gasteiger partial charge in [0.25, 0.3) is 0 Å². The van der Waals surface area contributed by atoms with Crippen molar-refractivity contribution in [3.63, 3.8) is 0 Å². The van der Waals surface area contributed by atoms with Crippen LogP contribution in [0.5, 0.6) is 0 Å². The van der Waals surface area contributed by atoms with Gasteiger partial charge in [0.2, 0.25) is 0 Å². The summed E-state index contributed by atoms with van der Waals surface area (Å²) in [6, 6.07) is 0. The fourth-order valence-electron chi connectivity index (χ4n) is 3.01. The maximum Gasteiger partial charge on any atom is 0.327 e. The van der Waals surface area contributed by atoms with Crippen molar-refractivity contribution in [2.24, 2.45) is 0 Å². The highest BCUT2D eigenvalue weighted by molar-refractivity contribution is 7.52. The Labute approximate surface area is 198 Å². The smallest absolute Gasteiger partial charge is 0.327 e. The van der Waals surface area contributed by atoms with Crippen LogP contribution >= 0.6 is 7.60 Å². The van der Waals surface area contributed by atoms with Gasteiger partial charge in [-0.1, -0.05) is 64.7 Å². The summed E-state index contributed by atoms with van der Waals surface area (Å²) in [5, 5.41) is 0. The molecule has 0 saturated carbocycles. The topological polar surface area (TPSA) is 63.2 Å². The molecule has 0 saturated heterocycles. The number of quaternary nitrogens is 1. The summed E-state index contributed by atoms with van der Waals surface area (Å²) in [5.74, 6) is 0. The van der Waals surface area contributed by atoms with Crippen LogP contribution in [0.3, 0.4) is 0 Å². The van der Waals surface area contributed by atoms with Gasteiger partial charge in [0, 0.05) is 13.3 Å². The minimum Gasteiger partial charge on any atom is -0.379 e. The molecule has 0 spiro atoms. The van der Waals surface area contributed by atoms with Crippen molar-refractivity contribution in [3.8, 4) is 0 Å². The molecule has 1 unspecified atom stereocenters. The Kier molecular flexibility index (Phi) is 21.5. The molecule has 0 bridgehead atoms. The molecule has 0 heterocycles. The van der Waals surface area contributed by atoms with Crippen LogP contribution < -0.4 is 0 Å². The zero-order valence-electron chi connectivity index (χ0n) is 21.8. The SMILES string of the molecule is CCCCCCCCCCCCOCCOCCOCCOP(C)(=O)OCC[N+](C)(C)C. The van der Waals surface area contributed by atoms with E-state index in [0.29, 0.717) is 39.6 Å². The molecule has 32 heavy (non-hydrogen) atoms. The van der Waals surface area contributed by atoms with Gasteiger partial charge in [-0.3, -0.25) is 4.57 Å². The van der Waals surface area contributed by atoms with Gasteiger partial charge in [0.15, 0.2) is 0 Å². The van der Waals surface area contributed by atoms with Crippen LogP contribution in [0.1, 0.15) is 71.1 Å². The number of hydrogen-bond donors (Lipinski definition) is 0. The second kappa shape index (κ2) is 21.5. The van der Waals surface area contributed by atoms with E-state index >= 15 is 0 Å². The van der Waals surface area contributed by atoms with Gasteiger partial charge in [-0.25, -0.2) is 0 Å². The predicted molar refractivity (Wildman–Crippen MR) is 133 cm³/mol. The van der Waals surface area contributed by atoms with Crippen LogP contribution in [0, 0.1) is 0 Å². The summed E-state index contributed by atoms with van der Waals surface area (Å²) in [7, 11) is 3.17. The Morgan fingerprint density at radius 3 is 1.47 bits per heavy atom. The van der Waals surface area contributed by atoms with Gasteiger partial charge in [0.05, 0.1) is 60.8 Å². The van der Waals surface area contributed by atoms with Crippen molar-refractivity contribution in [2.45, 2.75) is 71.1 Å². The van der Waals surface area contributed by atoms with Crippen molar-refractivity contribution in [1.29, 1.82) is 0 Å². The Hall–Kier alpha value is -0.0100. The van der Waals surface area contributed by atoms with Crippen molar-refractivity contribution < 1.29 is 32.3 Å². The van der Waals surface area contributed by atoms with Crippen LogP contribution in [-0.2, 0) is 27.8 Å². The molecule has 0 aliphatic rings. The monoisotopic (exact) mass is 482 g/mol. The van der Waals surface area contributed by atoms with E-state index in [1.54, 1.807) is 0 Å². The van der Waals surface area contributed by atoms with E-state index in [2.05, 4.69) is 28.1 Å². The Morgan fingerprint density at radius 1 is 0.562 bits per heavy atom. The normalized spacial score (nSPS) is 14.0. The first kappa shape index (κ1) is 32.0. The quantitative estimate of drug-likeness (QED) is 0.0970. The first-order chi connectivity index (χ1) is 15.3. The lowest BCUT2D eigenvalue weighted by Gasteiger charge is -2.24. The zero-order chi connectivity index (χ0) is 24.0. The fourth-order valence-corrected chi connectivity index (χ4v) is 3.91. The summed E-state index contributed by atoms with van der Waals surface area (Å²) in [5.41, 5.74) is 0. The highest BCUT2D eigenvalue weighted by atomic mass is 31.2. The molecule has 0 aromatic carbocycles. The molecule has 7 nitrogen and oxygen atoms in total. The molecule has 0 aromatic heterocycles. The van der Waals surface area contributed by atoms with Crippen molar-refractivity contribution in [1.82, 2.24) is 0 Å². The third kappa shape index (κ3) is 26.2. The van der Waals surface area contributed by atoms with Gasteiger partial charge >= 0.3 is 7.60 Å². The van der Waals surface area contributed by atoms with E-state index in [1.807, 2.05) is 0 Å². The fraction of sp³-hybridized carbons (Fsp3) is 1.00. The van der Waals surface area contributed by atoms with Gasteiger partial charge in [0.1, 0.15) is 13.2 Å². The van der Waals surface area contributed by atoms with Gasteiger partial charge < -0.3 is 27.7 Å². The van der Waals surface area contributed by atoms with Crippen molar-refractivity contribution in [3.05, 3.63) is 0 Å². The maximum atomic E-state index is 12.1. The first-order valence-corrected chi connectivity index (χ1v) is 14.7. The molecule has 8 heteroatoms. The van der Waals surface area contributed by atoms with Crippen LogP contribution in [0.15, 0.2) is 0 Å². The number of likely N-dealkylation sites (N-methyl/N-ethyl adjacent to an activating group) is 1. The number of nitrogens with zero attached hydrogens (tertiary/aromatic N) is 1. The average molecular weight is 483 g/mol. The zero-order valence-corrected chi connectivity index (χ0v) is 22.7. The molecular formula is C24H53NO6P+. The van der Waals surface area contributed by atoms with E-state index in [9.17, 15) is 4.57 Å². The number of hydrogen-bond acceptors (Lipinski definition) is 6. The molecule has 1 atom stereocenters. The standard InChI is InChI=1S/C24H53NO6P/c1-6-7-8-9-10-11-12-13-14-15-17-27-19-20-28-21-22-29-23-24-31-32(5,26)30-18-16-25(2,3)4/h6-24H2,1-5H3/q+1. The molecule has 0 aliphatic carbocycles. The van der Waals surface area contributed by atoms with Crippen LogP contribution in [0.4, 0.5) is 0 Å². The van der Waals surface area contributed by atoms with E-state index < -0.39 is 7.60 Å². The highest BCUT2D eigenvalue weighted by Gasteiger charge is 2.18. The third-order valence-electron chi connectivity index (χ3n) is 5.03. The molecule has 0 N–H and O–H groups in total. The molecule has 0 radical (unpaired) electrons. The molecule has 194 valence electrons. The summed E-state index contributed by atoms with van der Waals surface area (Å²) in [6.07, 6.45) is 13.4. The Balaban J connectivity index is 3.24. The maximum absolute atomic E-state index is 12.1. The van der Waals surface area contributed by atoms with Gasteiger partial charge in [-0.05, 0) is 6.42 Å². The van der Waals surface area contributed by atoms with Crippen LogP contribution in [0.25, 0.3) is 0 Å². The van der Waals surface area contributed by atoms with Crippen LogP contribution in [-0.4, -0.2) is 91.7 Å². The molecule has 0 aromatic rings. The summed E-state index contributed by atoms with van der Waals surface area (Å²) >= 11 is 0. The van der Waals surface area contributed by atoms with E-state index in [4.69, 9.17) is 23.3 Å². The highest BCUT2D eigenvalue weighted by Crippen LogP contribution is 2.43. The molecule has 0 amide bonds. The number of unbranched alkanes of at least 4 members (excludes halogenated alkanes) is 9. The summed E-state index contributed by atoms with van der Waals surface area (Å²) in [6.45, 7) is 8.61. The molecular weight excluding hydrogens is 429 g/mol. The Morgan fingerprint density at radius 2 is 0.969 bits per heavy atom. The van der Waals surface area contributed by atoms with E-state index in [-0.39, 0.29) is 6.61 Å². The Bertz CT molecular complexity index is 445. The third-order valence-corrected chi connectivity index (χ3v) is 6.33. The first-order valence-electron chi connectivity index (χ1n) is 12.7. The van der Waals surface area contributed by atoms with Gasteiger partial charge in [-0.2, -0.15) is 0 Å². The second-order valence-corrected chi connectivity index (χ2v) is 11.5. The molecule has 0 aliphatic heterocycles. The lowest BCUT2D eigenvalue weighted by Crippen LogP contribution is -2.37. The summed E-state index contributed by atoms with van der Waals surface area (Å²) in [4.78, 5) is 0. The van der Waals surface area contributed by atoms with Crippen molar-refractivity contribution in [2.75, 3.05) is 87.2 Å². The van der Waals surface area contributed by atoms with E-state index in [0.717, 1.165) is 24.1 Å². The largest absolute Gasteiger partial charge is 0.379 e. The van der Waals surface area contributed by atoms with Gasteiger partial charge in [-0.15, -0.1) is 0 Å². The second-order valence-electron chi connectivity index (χ2n) is 9.47. The summed E-state index contributed by atoms with van der Waals surface area (Å²) < 4.78 is 40.1. The predicted octanol–water partition coefficient (Wildman–Crippen LogP) is 5.52. The average Bonchev–Trinajstić information content (AvgIpc) is 2.71. The van der Waals surface area contributed by atoms with Crippen LogP contribution in [0.2, 0.25) is 0 Å². The number of rotatable bonds is 25. The minimum atomic E-state index is -3.01. The molecule has 0 rings (SSSR count). The van der Waals surface area contributed by atoms with E-state index in [1.165, 1.54) is 64.5 Å². The van der Waals surface area contributed by atoms with Crippen molar-refractivity contribution >= 4 is 7.60 Å². The lowest BCUT2D eigenvalue weighted by atomic mass is 10.1. The minimum absolute atomic E-state index is 0.250. The molecule has 0 fully saturated rings. The lowest BCUT2D eigenvalue weighted by molar-refractivity contribution is -0.870.